The van der Waals surface area contributed by atoms with Crippen molar-refractivity contribution in [2.75, 3.05) is 6.61 Å². The number of nitro groups is 1. The lowest BCUT2D eigenvalue weighted by molar-refractivity contribution is -0.384. The number of pyridine rings is 1. The molecule has 7 nitrogen and oxygen atoms in total. The fraction of sp³-hybridized carbons (Fsp3) is 0.111. The van der Waals surface area contributed by atoms with Gasteiger partial charge in [0.05, 0.1) is 22.1 Å². The van der Waals surface area contributed by atoms with Crippen LogP contribution in [-0.4, -0.2) is 22.1 Å². The zero-order chi connectivity index (χ0) is 19.7. The summed E-state index contributed by atoms with van der Waals surface area (Å²) in [5.41, 5.74) is -0.451. The Bertz CT molecular complexity index is 1130. The molecule has 0 unspecified atom stereocenters. The van der Waals surface area contributed by atoms with Crippen LogP contribution in [0.3, 0.4) is 0 Å². The number of ether oxygens (including phenoxy) is 1. The highest BCUT2D eigenvalue weighted by molar-refractivity contribution is 6.31. The summed E-state index contributed by atoms with van der Waals surface area (Å²) in [5.74, 6) is -1.66. The SMILES string of the molecule is CCOC(=O)c1cn(-c2ccc([N+](=O)[O-])cc2)c2cc(Cl)c(F)cc2c1=O. The molecular formula is C18H12ClFN2O5. The maximum atomic E-state index is 13.9. The first-order chi connectivity index (χ1) is 12.8. The molecule has 0 bridgehead atoms. The van der Waals surface area contributed by atoms with Gasteiger partial charge < -0.3 is 9.30 Å². The van der Waals surface area contributed by atoms with Crippen LogP contribution >= 0.6 is 11.6 Å². The summed E-state index contributed by atoms with van der Waals surface area (Å²) in [7, 11) is 0. The van der Waals surface area contributed by atoms with E-state index < -0.39 is 22.1 Å². The predicted molar refractivity (Wildman–Crippen MR) is 97.1 cm³/mol. The largest absolute Gasteiger partial charge is 0.462 e. The van der Waals surface area contributed by atoms with Crippen LogP contribution in [0.1, 0.15) is 17.3 Å². The van der Waals surface area contributed by atoms with Gasteiger partial charge in [-0.05, 0) is 31.2 Å². The number of esters is 1. The third-order valence-electron chi connectivity index (χ3n) is 3.88. The fourth-order valence-corrected chi connectivity index (χ4v) is 2.78. The van der Waals surface area contributed by atoms with Crippen LogP contribution in [0.25, 0.3) is 16.6 Å². The molecule has 1 heterocycles. The maximum Gasteiger partial charge on any atom is 0.343 e. The number of halogens is 2. The third kappa shape index (κ3) is 3.39. The summed E-state index contributed by atoms with van der Waals surface area (Å²) in [5, 5.41) is 10.6. The van der Waals surface area contributed by atoms with E-state index in [9.17, 15) is 24.1 Å². The van der Waals surface area contributed by atoms with Crippen LogP contribution in [0.15, 0.2) is 47.4 Å². The van der Waals surface area contributed by atoms with Gasteiger partial charge in [0.1, 0.15) is 11.4 Å². The van der Waals surface area contributed by atoms with Crippen molar-refractivity contribution in [2.24, 2.45) is 0 Å². The molecule has 138 valence electrons. The number of rotatable bonds is 4. The molecule has 1 aromatic heterocycles. The predicted octanol–water partition coefficient (Wildman–Crippen LogP) is 3.87. The van der Waals surface area contributed by atoms with Gasteiger partial charge in [0, 0.05) is 29.4 Å². The molecule has 27 heavy (non-hydrogen) atoms. The van der Waals surface area contributed by atoms with Crippen molar-refractivity contribution in [1.29, 1.82) is 0 Å². The van der Waals surface area contributed by atoms with Gasteiger partial charge in [0.2, 0.25) is 5.43 Å². The molecule has 0 saturated heterocycles. The number of hydrogen-bond donors (Lipinski definition) is 0. The number of hydrogen-bond acceptors (Lipinski definition) is 5. The standard InChI is InChI=1S/C18H12ClFN2O5/c1-2-27-18(24)13-9-21(10-3-5-11(6-4-10)22(25)26)16-8-14(19)15(20)7-12(16)17(13)23/h3-9H,2H2,1H3. The molecule has 0 N–H and O–H groups in total. The molecule has 0 aliphatic rings. The minimum absolute atomic E-state index is 0.0584. The van der Waals surface area contributed by atoms with Gasteiger partial charge >= 0.3 is 5.97 Å². The van der Waals surface area contributed by atoms with Crippen molar-refractivity contribution in [2.45, 2.75) is 6.92 Å². The Balaban J connectivity index is 2.34. The summed E-state index contributed by atoms with van der Waals surface area (Å²) in [6.45, 7) is 1.65. The quantitative estimate of drug-likeness (QED) is 0.383. The summed E-state index contributed by atoms with van der Waals surface area (Å²) < 4.78 is 20.2. The van der Waals surface area contributed by atoms with Crippen molar-refractivity contribution >= 4 is 34.2 Å². The minimum Gasteiger partial charge on any atom is -0.462 e. The van der Waals surface area contributed by atoms with Gasteiger partial charge in [-0.15, -0.1) is 0 Å². The Morgan fingerprint density at radius 2 is 1.96 bits per heavy atom. The smallest absolute Gasteiger partial charge is 0.343 e. The van der Waals surface area contributed by atoms with Gasteiger partial charge in [-0.3, -0.25) is 14.9 Å². The molecule has 9 heteroatoms. The Morgan fingerprint density at radius 1 is 1.30 bits per heavy atom. The van der Waals surface area contributed by atoms with Gasteiger partial charge in [-0.25, -0.2) is 9.18 Å². The Morgan fingerprint density at radius 3 is 2.56 bits per heavy atom. The molecule has 3 aromatic rings. The van der Waals surface area contributed by atoms with Gasteiger partial charge in [-0.2, -0.15) is 0 Å². The first-order valence-corrected chi connectivity index (χ1v) is 8.17. The molecule has 0 fully saturated rings. The second-order valence-corrected chi connectivity index (χ2v) is 5.93. The molecule has 0 aliphatic carbocycles. The first-order valence-electron chi connectivity index (χ1n) is 7.80. The summed E-state index contributed by atoms with van der Waals surface area (Å²) >= 11 is 5.85. The van der Waals surface area contributed by atoms with E-state index in [-0.39, 0.29) is 33.8 Å². The Kier molecular flexibility index (Phi) is 4.91. The molecule has 0 radical (unpaired) electrons. The number of nitro benzene ring substituents is 1. The van der Waals surface area contributed by atoms with Crippen molar-refractivity contribution < 1.29 is 18.8 Å². The van der Waals surface area contributed by atoms with Gasteiger partial charge in [0.25, 0.3) is 5.69 Å². The van der Waals surface area contributed by atoms with Crippen LogP contribution in [-0.2, 0) is 4.74 Å². The molecule has 0 amide bonds. The molecular weight excluding hydrogens is 379 g/mol. The second kappa shape index (κ2) is 7.16. The average Bonchev–Trinajstić information content (AvgIpc) is 2.64. The highest BCUT2D eigenvalue weighted by Gasteiger charge is 2.19. The molecule has 0 atom stereocenters. The van der Waals surface area contributed by atoms with Crippen molar-refractivity contribution in [3.05, 3.63) is 79.3 Å². The molecule has 3 rings (SSSR count). The van der Waals surface area contributed by atoms with E-state index >= 15 is 0 Å². The lowest BCUT2D eigenvalue weighted by atomic mass is 10.1. The minimum atomic E-state index is -0.851. The van der Waals surface area contributed by atoms with E-state index in [0.717, 1.165) is 6.07 Å². The normalized spacial score (nSPS) is 10.8. The van der Waals surface area contributed by atoms with Crippen LogP contribution in [0.5, 0.6) is 0 Å². The van der Waals surface area contributed by atoms with Gasteiger partial charge in [-0.1, -0.05) is 11.6 Å². The molecule has 0 aliphatic heterocycles. The highest BCUT2D eigenvalue weighted by Crippen LogP contribution is 2.25. The lowest BCUT2D eigenvalue weighted by Crippen LogP contribution is -2.20. The van der Waals surface area contributed by atoms with Crippen molar-refractivity contribution in [3.63, 3.8) is 0 Å². The van der Waals surface area contributed by atoms with E-state index in [1.54, 1.807) is 6.92 Å². The van der Waals surface area contributed by atoms with Gasteiger partial charge in [0.15, 0.2) is 0 Å². The third-order valence-corrected chi connectivity index (χ3v) is 4.17. The van der Waals surface area contributed by atoms with E-state index in [2.05, 4.69) is 0 Å². The van der Waals surface area contributed by atoms with Crippen LogP contribution in [0, 0.1) is 15.9 Å². The Hall–Kier alpha value is -3.26. The molecule has 2 aromatic carbocycles. The number of nitrogens with zero attached hydrogens (tertiary/aromatic N) is 2. The lowest BCUT2D eigenvalue weighted by Gasteiger charge is -2.14. The summed E-state index contributed by atoms with van der Waals surface area (Å²) in [6.07, 6.45) is 1.25. The Labute approximate surface area is 156 Å². The maximum absolute atomic E-state index is 13.9. The number of aromatic nitrogens is 1. The fourth-order valence-electron chi connectivity index (χ4n) is 2.62. The number of benzene rings is 2. The zero-order valence-electron chi connectivity index (χ0n) is 13.9. The number of fused-ring (bicyclic) bond motifs is 1. The molecule has 0 spiro atoms. The van der Waals surface area contributed by atoms with E-state index in [0.29, 0.717) is 5.69 Å². The summed E-state index contributed by atoms with van der Waals surface area (Å²) in [4.78, 5) is 35.1. The topological polar surface area (TPSA) is 91.4 Å². The highest BCUT2D eigenvalue weighted by atomic mass is 35.5. The van der Waals surface area contributed by atoms with E-state index in [1.807, 2.05) is 0 Å². The van der Waals surface area contributed by atoms with Crippen molar-refractivity contribution in [1.82, 2.24) is 4.57 Å². The zero-order valence-corrected chi connectivity index (χ0v) is 14.7. The summed E-state index contributed by atoms with van der Waals surface area (Å²) in [6, 6.07) is 7.62. The van der Waals surface area contributed by atoms with Crippen LogP contribution < -0.4 is 5.43 Å². The first kappa shape index (κ1) is 18.5. The second-order valence-electron chi connectivity index (χ2n) is 5.52. The van der Waals surface area contributed by atoms with Crippen LogP contribution in [0.4, 0.5) is 10.1 Å². The number of carbonyl (C=O) groups excluding carboxylic acids is 1. The average molecular weight is 391 g/mol. The van der Waals surface area contributed by atoms with Crippen LogP contribution in [0.2, 0.25) is 5.02 Å². The van der Waals surface area contributed by atoms with E-state index in [1.165, 1.54) is 41.1 Å². The van der Waals surface area contributed by atoms with E-state index in [4.69, 9.17) is 16.3 Å². The number of carbonyl (C=O) groups is 1. The molecule has 0 saturated carbocycles. The van der Waals surface area contributed by atoms with Crippen molar-refractivity contribution in [3.8, 4) is 5.69 Å². The number of non-ortho nitro benzene ring substituents is 1. The monoisotopic (exact) mass is 390 g/mol.